The van der Waals surface area contributed by atoms with E-state index >= 15 is 0 Å². The van der Waals surface area contributed by atoms with E-state index in [4.69, 9.17) is 0 Å². The standard InChI is InChI=1S/C22H25N3O2/c1-15-6-4-5-7-18(15)16-8-10-17(11-9-16)22-19(12-23)25(20(22)14-26)21(27)13-24(2)3/h4-11,19-20,22,26H,13-14H2,1-3H3/t19-,20+,22-/m1/s1. The number of nitrogens with zero attached hydrogens (tertiary/aromatic N) is 3. The predicted molar refractivity (Wildman–Crippen MR) is 105 cm³/mol. The monoisotopic (exact) mass is 363 g/mol. The number of nitriles is 1. The number of likely N-dealkylation sites (tertiary alicyclic amines) is 1. The molecule has 1 N–H and O–H groups in total. The molecular weight excluding hydrogens is 338 g/mol. The highest BCUT2D eigenvalue weighted by atomic mass is 16.3. The van der Waals surface area contributed by atoms with E-state index in [1.165, 1.54) is 16.0 Å². The van der Waals surface area contributed by atoms with E-state index in [-0.39, 0.29) is 31.0 Å². The Balaban J connectivity index is 1.84. The summed E-state index contributed by atoms with van der Waals surface area (Å²) in [5, 5.41) is 19.5. The number of aliphatic hydroxyl groups is 1. The van der Waals surface area contributed by atoms with Gasteiger partial charge in [-0.05, 0) is 43.3 Å². The summed E-state index contributed by atoms with van der Waals surface area (Å²) in [6, 6.07) is 17.7. The van der Waals surface area contributed by atoms with Crippen molar-refractivity contribution in [3.63, 3.8) is 0 Å². The van der Waals surface area contributed by atoms with Crippen LogP contribution in [0.15, 0.2) is 48.5 Å². The molecule has 3 rings (SSSR count). The summed E-state index contributed by atoms with van der Waals surface area (Å²) in [5.41, 5.74) is 4.48. The fourth-order valence-electron chi connectivity index (χ4n) is 3.88. The van der Waals surface area contributed by atoms with Crippen molar-refractivity contribution < 1.29 is 9.90 Å². The average Bonchev–Trinajstić information content (AvgIpc) is 2.62. The second kappa shape index (κ2) is 7.91. The maximum Gasteiger partial charge on any atom is 0.238 e. The minimum absolute atomic E-state index is 0.126. The first-order valence-corrected chi connectivity index (χ1v) is 9.10. The second-order valence-electron chi connectivity index (χ2n) is 7.33. The van der Waals surface area contributed by atoms with Crippen LogP contribution < -0.4 is 0 Å². The van der Waals surface area contributed by atoms with Crippen LogP contribution in [0.2, 0.25) is 0 Å². The van der Waals surface area contributed by atoms with Crippen molar-refractivity contribution in [2.45, 2.75) is 24.9 Å². The number of hydrogen-bond donors (Lipinski definition) is 1. The summed E-state index contributed by atoms with van der Waals surface area (Å²) in [6.07, 6.45) is 0. The Kier molecular flexibility index (Phi) is 5.59. The van der Waals surface area contributed by atoms with E-state index in [0.717, 1.165) is 11.1 Å². The molecule has 5 heteroatoms. The third-order valence-electron chi connectivity index (χ3n) is 5.22. The van der Waals surface area contributed by atoms with Crippen LogP contribution >= 0.6 is 0 Å². The molecule has 1 fully saturated rings. The Morgan fingerprint density at radius 2 is 1.85 bits per heavy atom. The van der Waals surface area contributed by atoms with Gasteiger partial charge in [0.05, 0.1) is 25.3 Å². The van der Waals surface area contributed by atoms with Crippen molar-refractivity contribution in [1.82, 2.24) is 9.80 Å². The van der Waals surface area contributed by atoms with Crippen LogP contribution in [0.3, 0.4) is 0 Å². The number of benzene rings is 2. The molecule has 5 nitrogen and oxygen atoms in total. The fraction of sp³-hybridized carbons (Fsp3) is 0.364. The number of rotatable bonds is 5. The van der Waals surface area contributed by atoms with E-state index in [1.54, 1.807) is 4.90 Å². The zero-order valence-electron chi connectivity index (χ0n) is 16.0. The Labute approximate surface area is 160 Å². The Bertz CT molecular complexity index is 855. The van der Waals surface area contributed by atoms with Crippen molar-refractivity contribution >= 4 is 5.91 Å². The quantitative estimate of drug-likeness (QED) is 0.886. The summed E-state index contributed by atoms with van der Waals surface area (Å²) in [4.78, 5) is 15.8. The van der Waals surface area contributed by atoms with Gasteiger partial charge < -0.3 is 14.9 Å². The van der Waals surface area contributed by atoms with Gasteiger partial charge in [-0.1, -0.05) is 48.5 Å². The smallest absolute Gasteiger partial charge is 0.238 e. The Morgan fingerprint density at radius 1 is 1.19 bits per heavy atom. The number of carbonyl (C=O) groups is 1. The van der Waals surface area contributed by atoms with Crippen molar-refractivity contribution in [3.8, 4) is 17.2 Å². The molecule has 1 aliphatic heterocycles. The molecule has 2 aromatic carbocycles. The van der Waals surface area contributed by atoms with Gasteiger partial charge in [-0.15, -0.1) is 0 Å². The van der Waals surface area contributed by atoms with Crippen LogP contribution in [0.4, 0.5) is 0 Å². The third kappa shape index (κ3) is 3.59. The van der Waals surface area contributed by atoms with Gasteiger partial charge in [0.1, 0.15) is 6.04 Å². The van der Waals surface area contributed by atoms with Crippen LogP contribution in [-0.4, -0.2) is 60.1 Å². The molecule has 0 saturated carbocycles. The molecule has 0 unspecified atom stereocenters. The maximum absolute atomic E-state index is 12.4. The first-order chi connectivity index (χ1) is 13.0. The Hall–Kier alpha value is -2.68. The molecule has 27 heavy (non-hydrogen) atoms. The van der Waals surface area contributed by atoms with Crippen LogP contribution in [0, 0.1) is 18.3 Å². The van der Waals surface area contributed by atoms with Crippen molar-refractivity contribution in [2.24, 2.45) is 0 Å². The van der Waals surface area contributed by atoms with E-state index < -0.39 is 6.04 Å². The normalized spacial score (nSPS) is 21.6. The summed E-state index contributed by atoms with van der Waals surface area (Å²) in [5.74, 6) is -0.296. The van der Waals surface area contributed by atoms with Crippen molar-refractivity contribution in [3.05, 3.63) is 59.7 Å². The van der Waals surface area contributed by atoms with Crippen LogP contribution in [0.5, 0.6) is 0 Å². The minimum Gasteiger partial charge on any atom is -0.394 e. The fourth-order valence-corrected chi connectivity index (χ4v) is 3.88. The van der Waals surface area contributed by atoms with Crippen LogP contribution in [0.25, 0.3) is 11.1 Å². The molecular formula is C22H25N3O2. The number of likely N-dealkylation sites (N-methyl/N-ethyl adjacent to an activating group) is 1. The van der Waals surface area contributed by atoms with E-state index in [9.17, 15) is 15.2 Å². The Morgan fingerprint density at radius 3 is 2.41 bits per heavy atom. The van der Waals surface area contributed by atoms with Gasteiger partial charge in [0.15, 0.2) is 0 Å². The molecule has 1 amide bonds. The number of carbonyl (C=O) groups excluding carboxylic acids is 1. The van der Waals surface area contributed by atoms with Crippen molar-refractivity contribution in [2.75, 3.05) is 27.2 Å². The largest absolute Gasteiger partial charge is 0.394 e. The number of amides is 1. The lowest BCUT2D eigenvalue weighted by atomic mass is 9.75. The third-order valence-corrected chi connectivity index (χ3v) is 5.22. The molecule has 1 aliphatic rings. The summed E-state index contributed by atoms with van der Waals surface area (Å²) in [6.45, 7) is 2.16. The van der Waals surface area contributed by atoms with E-state index in [1.807, 2.05) is 50.5 Å². The van der Waals surface area contributed by atoms with Crippen LogP contribution in [0.1, 0.15) is 17.0 Å². The highest BCUT2D eigenvalue weighted by Gasteiger charge is 2.51. The van der Waals surface area contributed by atoms with Gasteiger partial charge in [0, 0.05) is 5.92 Å². The second-order valence-corrected chi connectivity index (χ2v) is 7.33. The minimum atomic E-state index is -0.543. The molecule has 1 heterocycles. The molecule has 0 spiro atoms. The lowest BCUT2D eigenvalue weighted by Crippen LogP contribution is -2.66. The van der Waals surface area contributed by atoms with E-state index in [0.29, 0.717) is 0 Å². The molecule has 2 aromatic rings. The SMILES string of the molecule is Cc1ccccc1-c1ccc([C@@H]2[C@@H](C#N)N(C(=O)CN(C)C)[C@H]2CO)cc1. The van der Waals surface area contributed by atoms with Gasteiger partial charge in [-0.3, -0.25) is 4.79 Å². The summed E-state index contributed by atoms with van der Waals surface area (Å²) in [7, 11) is 3.63. The van der Waals surface area contributed by atoms with Crippen molar-refractivity contribution in [1.29, 1.82) is 5.26 Å². The molecule has 0 bridgehead atoms. The van der Waals surface area contributed by atoms with Gasteiger partial charge in [0.2, 0.25) is 5.91 Å². The number of hydrogen-bond acceptors (Lipinski definition) is 4. The van der Waals surface area contributed by atoms with Crippen LogP contribution in [-0.2, 0) is 4.79 Å². The first kappa shape index (κ1) is 19.1. The molecule has 0 radical (unpaired) electrons. The topological polar surface area (TPSA) is 67.6 Å². The van der Waals surface area contributed by atoms with E-state index in [2.05, 4.69) is 25.1 Å². The molecule has 0 aliphatic carbocycles. The van der Waals surface area contributed by atoms with Gasteiger partial charge in [0.25, 0.3) is 0 Å². The predicted octanol–water partition coefficient (Wildman–Crippen LogP) is 2.40. The average molecular weight is 363 g/mol. The zero-order chi connectivity index (χ0) is 19.6. The van der Waals surface area contributed by atoms with Gasteiger partial charge in [-0.25, -0.2) is 0 Å². The molecule has 0 aromatic heterocycles. The zero-order valence-corrected chi connectivity index (χ0v) is 16.0. The maximum atomic E-state index is 12.4. The number of aryl methyl sites for hydroxylation is 1. The lowest BCUT2D eigenvalue weighted by Gasteiger charge is -2.51. The van der Waals surface area contributed by atoms with Gasteiger partial charge in [-0.2, -0.15) is 5.26 Å². The van der Waals surface area contributed by atoms with Gasteiger partial charge >= 0.3 is 0 Å². The molecule has 140 valence electrons. The lowest BCUT2D eigenvalue weighted by molar-refractivity contribution is -0.147. The molecule has 3 atom stereocenters. The number of aliphatic hydroxyl groups excluding tert-OH is 1. The highest BCUT2D eigenvalue weighted by Crippen LogP contribution is 2.41. The molecule has 1 saturated heterocycles. The first-order valence-electron chi connectivity index (χ1n) is 9.10. The highest BCUT2D eigenvalue weighted by molar-refractivity contribution is 5.81. The summed E-state index contributed by atoms with van der Waals surface area (Å²) >= 11 is 0. The summed E-state index contributed by atoms with van der Waals surface area (Å²) < 4.78 is 0.